The van der Waals surface area contributed by atoms with E-state index in [1.807, 2.05) is 0 Å². The van der Waals surface area contributed by atoms with E-state index in [0.29, 0.717) is 6.04 Å². The lowest BCUT2D eigenvalue weighted by atomic mass is 10.0. The third-order valence-corrected chi connectivity index (χ3v) is 2.17. The van der Waals surface area contributed by atoms with Gasteiger partial charge in [-0.3, -0.25) is 0 Å². The van der Waals surface area contributed by atoms with Crippen LogP contribution in [0.2, 0.25) is 0 Å². The predicted octanol–water partition coefficient (Wildman–Crippen LogP) is 0.333. The molecule has 0 amide bonds. The highest BCUT2D eigenvalue weighted by atomic mass is 15.0. The van der Waals surface area contributed by atoms with Gasteiger partial charge in [-0.1, -0.05) is 13.3 Å². The highest BCUT2D eigenvalue weighted by molar-refractivity contribution is 4.80. The van der Waals surface area contributed by atoms with Gasteiger partial charge in [0.15, 0.2) is 0 Å². The molecule has 1 fully saturated rings. The van der Waals surface area contributed by atoms with Crippen molar-refractivity contribution in [1.82, 2.24) is 5.32 Å². The van der Waals surface area contributed by atoms with Crippen LogP contribution in [0.5, 0.6) is 0 Å². The maximum atomic E-state index is 5.49. The molecular weight excluding hydrogens is 112 g/mol. The molecule has 0 saturated carbocycles. The van der Waals surface area contributed by atoms with Crippen LogP contribution in [0, 0.1) is 5.92 Å². The van der Waals surface area contributed by atoms with Gasteiger partial charge in [0, 0.05) is 12.6 Å². The predicted molar refractivity (Wildman–Crippen MR) is 39.2 cm³/mol. The Morgan fingerprint density at radius 3 is 2.78 bits per heavy atom. The van der Waals surface area contributed by atoms with E-state index in [-0.39, 0.29) is 0 Å². The highest BCUT2D eigenvalue weighted by Crippen LogP contribution is 2.15. The lowest BCUT2D eigenvalue weighted by Crippen LogP contribution is -2.29. The summed E-state index contributed by atoms with van der Waals surface area (Å²) in [6.07, 6.45) is 2.58. The minimum absolute atomic E-state index is 0.606. The molecule has 1 aliphatic heterocycles. The molecular formula is C7H16N2. The average molecular weight is 128 g/mol. The lowest BCUT2D eigenvalue weighted by Gasteiger charge is -2.04. The van der Waals surface area contributed by atoms with Crippen LogP contribution >= 0.6 is 0 Å². The van der Waals surface area contributed by atoms with E-state index in [2.05, 4.69) is 12.2 Å². The van der Waals surface area contributed by atoms with Crippen LogP contribution in [0.15, 0.2) is 0 Å². The summed E-state index contributed by atoms with van der Waals surface area (Å²) in [4.78, 5) is 0. The molecule has 2 unspecified atom stereocenters. The summed E-state index contributed by atoms with van der Waals surface area (Å²) in [7, 11) is 0. The summed E-state index contributed by atoms with van der Waals surface area (Å²) < 4.78 is 0. The molecule has 2 nitrogen and oxygen atoms in total. The van der Waals surface area contributed by atoms with E-state index in [1.54, 1.807) is 0 Å². The molecule has 0 aromatic carbocycles. The number of hydrogen-bond acceptors (Lipinski definition) is 2. The molecule has 3 N–H and O–H groups in total. The molecule has 1 heterocycles. The third-order valence-electron chi connectivity index (χ3n) is 2.17. The van der Waals surface area contributed by atoms with Gasteiger partial charge >= 0.3 is 0 Å². The number of rotatable bonds is 2. The first-order valence-electron chi connectivity index (χ1n) is 3.80. The fourth-order valence-corrected chi connectivity index (χ4v) is 1.39. The summed E-state index contributed by atoms with van der Waals surface area (Å²) in [6.45, 7) is 4.22. The van der Waals surface area contributed by atoms with Gasteiger partial charge in [0.2, 0.25) is 0 Å². The van der Waals surface area contributed by atoms with Gasteiger partial charge in [-0.2, -0.15) is 0 Å². The Morgan fingerprint density at radius 2 is 2.44 bits per heavy atom. The quantitative estimate of drug-likeness (QED) is 0.562. The van der Waals surface area contributed by atoms with E-state index in [9.17, 15) is 0 Å². The van der Waals surface area contributed by atoms with Crippen LogP contribution in [0.1, 0.15) is 19.8 Å². The zero-order valence-corrected chi connectivity index (χ0v) is 6.06. The van der Waals surface area contributed by atoms with Crippen LogP contribution < -0.4 is 11.1 Å². The fraction of sp³-hybridized carbons (Fsp3) is 1.00. The van der Waals surface area contributed by atoms with Crippen LogP contribution in [-0.2, 0) is 0 Å². The Bertz CT molecular complexity index is 73.0. The van der Waals surface area contributed by atoms with Crippen LogP contribution in [0.4, 0.5) is 0 Å². The summed E-state index contributed by atoms with van der Waals surface area (Å²) in [5.74, 6) is 0.888. The van der Waals surface area contributed by atoms with Crippen LogP contribution in [0.3, 0.4) is 0 Å². The molecule has 0 bridgehead atoms. The van der Waals surface area contributed by atoms with Crippen molar-refractivity contribution >= 4 is 0 Å². The van der Waals surface area contributed by atoms with Gasteiger partial charge in [0.1, 0.15) is 0 Å². The van der Waals surface area contributed by atoms with Gasteiger partial charge in [-0.05, 0) is 18.9 Å². The van der Waals surface area contributed by atoms with E-state index < -0.39 is 0 Å². The van der Waals surface area contributed by atoms with E-state index in [1.165, 1.54) is 19.4 Å². The SMILES string of the molecule is CCC1CNC(CN)C1. The number of nitrogens with one attached hydrogen (secondary N) is 1. The second-order valence-electron chi connectivity index (χ2n) is 2.85. The Kier molecular flexibility index (Phi) is 2.49. The van der Waals surface area contributed by atoms with Crippen molar-refractivity contribution in [3.05, 3.63) is 0 Å². The molecule has 54 valence electrons. The molecule has 2 atom stereocenters. The van der Waals surface area contributed by atoms with Crippen molar-refractivity contribution in [2.75, 3.05) is 13.1 Å². The molecule has 0 spiro atoms. The topological polar surface area (TPSA) is 38.0 Å². The smallest absolute Gasteiger partial charge is 0.0193 e. The van der Waals surface area contributed by atoms with Crippen molar-refractivity contribution in [3.8, 4) is 0 Å². The van der Waals surface area contributed by atoms with Crippen molar-refractivity contribution < 1.29 is 0 Å². The molecule has 0 aromatic rings. The van der Waals surface area contributed by atoms with E-state index >= 15 is 0 Å². The minimum Gasteiger partial charge on any atom is -0.329 e. The summed E-state index contributed by atoms with van der Waals surface area (Å²) in [5.41, 5.74) is 5.49. The first kappa shape index (κ1) is 7.03. The fourth-order valence-electron chi connectivity index (χ4n) is 1.39. The van der Waals surface area contributed by atoms with E-state index in [0.717, 1.165) is 12.5 Å². The first-order chi connectivity index (χ1) is 4.36. The van der Waals surface area contributed by atoms with Crippen LogP contribution in [0.25, 0.3) is 0 Å². The van der Waals surface area contributed by atoms with Gasteiger partial charge in [-0.15, -0.1) is 0 Å². The molecule has 1 rings (SSSR count). The Morgan fingerprint density at radius 1 is 1.67 bits per heavy atom. The molecule has 0 radical (unpaired) electrons. The normalized spacial score (nSPS) is 35.3. The highest BCUT2D eigenvalue weighted by Gasteiger charge is 2.20. The minimum atomic E-state index is 0.606. The number of nitrogens with two attached hydrogens (primary N) is 1. The largest absolute Gasteiger partial charge is 0.329 e. The molecule has 1 saturated heterocycles. The summed E-state index contributed by atoms with van der Waals surface area (Å²) >= 11 is 0. The average Bonchev–Trinajstić information content (AvgIpc) is 2.34. The van der Waals surface area contributed by atoms with Crippen molar-refractivity contribution in [1.29, 1.82) is 0 Å². The standard InChI is InChI=1S/C7H16N2/c1-2-6-3-7(4-8)9-5-6/h6-7,9H,2-5,8H2,1H3. The zero-order valence-electron chi connectivity index (χ0n) is 6.06. The Hall–Kier alpha value is -0.0800. The molecule has 0 aliphatic carbocycles. The third kappa shape index (κ3) is 1.66. The second kappa shape index (κ2) is 3.18. The molecule has 0 aromatic heterocycles. The first-order valence-corrected chi connectivity index (χ1v) is 3.80. The summed E-state index contributed by atoms with van der Waals surface area (Å²) in [6, 6.07) is 0.606. The van der Waals surface area contributed by atoms with Crippen molar-refractivity contribution in [2.45, 2.75) is 25.8 Å². The molecule has 2 heteroatoms. The lowest BCUT2D eigenvalue weighted by molar-refractivity contribution is 0.540. The maximum Gasteiger partial charge on any atom is 0.0193 e. The van der Waals surface area contributed by atoms with Crippen molar-refractivity contribution in [3.63, 3.8) is 0 Å². The Labute approximate surface area is 56.8 Å². The van der Waals surface area contributed by atoms with Gasteiger partial charge < -0.3 is 11.1 Å². The zero-order chi connectivity index (χ0) is 6.69. The van der Waals surface area contributed by atoms with Crippen molar-refractivity contribution in [2.24, 2.45) is 11.7 Å². The van der Waals surface area contributed by atoms with E-state index in [4.69, 9.17) is 5.73 Å². The van der Waals surface area contributed by atoms with Gasteiger partial charge in [0.05, 0.1) is 0 Å². The van der Waals surface area contributed by atoms with Gasteiger partial charge in [-0.25, -0.2) is 0 Å². The second-order valence-corrected chi connectivity index (χ2v) is 2.85. The Balaban J connectivity index is 2.20. The maximum absolute atomic E-state index is 5.49. The van der Waals surface area contributed by atoms with Crippen LogP contribution in [-0.4, -0.2) is 19.1 Å². The molecule has 1 aliphatic rings. The number of hydrogen-bond donors (Lipinski definition) is 2. The van der Waals surface area contributed by atoms with Gasteiger partial charge in [0.25, 0.3) is 0 Å². The monoisotopic (exact) mass is 128 g/mol. The molecule has 9 heavy (non-hydrogen) atoms. The summed E-state index contributed by atoms with van der Waals surface area (Å²) in [5, 5.41) is 3.38.